The van der Waals surface area contributed by atoms with Gasteiger partial charge in [-0.15, -0.1) is 10.2 Å². The van der Waals surface area contributed by atoms with Gasteiger partial charge in [0.25, 0.3) is 5.89 Å². The van der Waals surface area contributed by atoms with Crippen LogP contribution < -0.4 is 4.74 Å². The van der Waals surface area contributed by atoms with Gasteiger partial charge in [0.05, 0.1) is 18.2 Å². The predicted octanol–water partition coefficient (Wildman–Crippen LogP) is 4.00. The minimum Gasteiger partial charge on any atom is -0.494 e. The zero-order chi connectivity index (χ0) is 17.8. The number of benzene rings is 2. The molecule has 0 saturated carbocycles. The van der Waals surface area contributed by atoms with Gasteiger partial charge in [0.15, 0.2) is 18.2 Å². The number of hydrogen-bond acceptors (Lipinski definition) is 6. The number of nitrogens with zero attached hydrogens (tertiary/aromatic N) is 2. The SMILES string of the molecule is COc1ccc(C(=O)OCc2nnc(-c3ccccc3Br)o2)cc1F. The van der Waals surface area contributed by atoms with Crippen LogP contribution in [0.1, 0.15) is 16.2 Å². The number of hydrogen-bond donors (Lipinski definition) is 0. The van der Waals surface area contributed by atoms with E-state index in [0.717, 1.165) is 16.1 Å². The maximum absolute atomic E-state index is 13.6. The lowest BCUT2D eigenvalue weighted by Gasteiger charge is -2.05. The van der Waals surface area contributed by atoms with Crippen LogP contribution in [-0.4, -0.2) is 23.3 Å². The number of aromatic nitrogens is 2. The molecule has 0 saturated heterocycles. The molecule has 0 amide bonds. The Morgan fingerprint density at radius 2 is 2.04 bits per heavy atom. The Morgan fingerprint density at radius 3 is 2.76 bits per heavy atom. The summed E-state index contributed by atoms with van der Waals surface area (Å²) in [5, 5.41) is 7.76. The molecule has 2 aromatic carbocycles. The van der Waals surface area contributed by atoms with E-state index in [0.29, 0.717) is 5.89 Å². The molecule has 0 aliphatic carbocycles. The van der Waals surface area contributed by atoms with E-state index in [1.165, 1.54) is 19.2 Å². The van der Waals surface area contributed by atoms with Gasteiger partial charge in [-0.05, 0) is 46.3 Å². The molecule has 0 N–H and O–H groups in total. The standard InChI is InChI=1S/C17H12BrFN2O4/c1-23-14-7-6-10(8-13(14)19)17(22)24-9-15-20-21-16(25-15)11-4-2-3-5-12(11)18/h2-8H,9H2,1H3. The summed E-state index contributed by atoms with van der Waals surface area (Å²) in [5.74, 6) is -0.873. The Morgan fingerprint density at radius 1 is 1.24 bits per heavy atom. The van der Waals surface area contributed by atoms with Gasteiger partial charge >= 0.3 is 5.97 Å². The zero-order valence-electron chi connectivity index (χ0n) is 13.0. The lowest BCUT2D eigenvalue weighted by Crippen LogP contribution is -2.06. The van der Waals surface area contributed by atoms with Gasteiger partial charge in [-0.25, -0.2) is 9.18 Å². The monoisotopic (exact) mass is 406 g/mol. The second kappa shape index (κ2) is 7.43. The lowest BCUT2D eigenvalue weighted by atomic mass is 10.2. The summed E-state index contributed by atoms with van der Waals surface area (Å²) < 4.78 is 29.8. The van der Waals surface area contributed by atoms with Gasteiger partial charge in [-0.1, -0.05) is 12.1 Å². The van der Waals surface area contributed by atoms with Gasteiger partial charge in [-0.3, -0.25) is 0 Å². The fourth-order valence-corrected chi connectivity index (χ4v) is 2.51. The molecule has 0 unspecified atom stereocenters. The summed E-state index contributed by atoms with van der Waals surface area (Å²) >= 11 is 3.39. The normalized spacial score (nSPS) is 10.5. The van der Waals surface area contributed by atoms with Gasteiger partial charge in [0, 0.05) is 4.47 Å². The number of carbonyl (C=O) groups is 1. The molecule has 0 radical (unpaired) electrons. The maximum atomic E-state index is 13.6. The molecule has 0 aliphatic heterocycles. The van der Waals surface area contributed by atoms with Crippen molar-refractivity contribution >= 4 is 21.9 Å². The summed E-state index contributed by atoms with van der Waals surface area (Å²) in [4.78, 5) is 12.0. The third-order valence-corrected chi connectivity index (χ3v) is 3.98. The van der Waals surface area contributed by atoms with E-state index in [9.17, 15) is 9.18 Å². The van der Waals surface area contributed by atoms with E-state index < -0.39 is 11.8 Å². The average Bonchev–Trinajstić information content (AvgIpc) is 3.08. The van der Waals surface area contributed by atoms with E-state index >= 15 is 0 Å². The van der Waals surface area contributed by atoms with Crippen LogP contribution in [0.4, 0.5) is 4.39 Å². The van der Waals surface area contributed by atoms with Crippen molar-refractivity contribution in [3.8, 4) is 17.2 Å². The minimum atomic E-state index is -0.706. The molecule has 3 rings (SSSR count). The highest BCUT2D eigenvalue weighted by atomic mass is 79.9. The molecule has 0 atom stereocenters. The first kappa shape index (κ1) is 17.1. The topological polar surface area (TPSA) is 74.5 Å². The van der Waals surface area contributed by atoms with Crippen molar-refractivity contribution in [1.29, 1.82) is 0 Å². The third kappa shape index (κ3) is 3.85. The number of rotatable bonds is 5. The van der Waals surface area contributed by atoms with Gasteiger partial charge < -0.3 is 13.9 Å². The van der Waals surface area contributed by atoms with Crippen LogP contribution in [0.25, 0.3) is 11.5 Å². The van der Waals surface area contributed by atoms with Crippen LogP contribution in [0, 0.1) is 5.82 Å². The zero-order valence-corrected chi connectivity index (χ0v) is 14.6. The maximum Gasteiger partial charge on any atom is 0.338 e. The molecule has 3 aromatic rings. The van der Waals surface area contributed by atoms with Crippen LogP contribution in [0.2, 0.25) is 0 Å². The Kier molecular flexibility index (Phi) is 5.08. The van der Waals surface area contributed by atoms with Crippen LogP contribution in [0.15, 0.2) is 51.4 Å². The van der Waals surface area contributed by atoms with Crippen molar-refractivity contribution in [2.24, 2.45) is 0 Å². The van der Waals surface area contributed by atoms with Gasteiger partial charge in [0.1, 0.15) is 0 Å². The van der Waals surface area contributed by atoms with Crippen LogP contribution in [0.3, 0.4) is 0 Å². The molecule has 0 fully saturated rings. The molecule has 0 spiro atoms. The number of esters is 1. The highest BCUT2D eigenvalue weighted by Gasteiger charge is 2.15. The summed E-state index contributed by atoms with van der Waals surface area (Å²) in [6, 6.07) is 11.2. The number of methoxy groups -OCH3 is 1. The second-order valence-electron chi connectivity index (χ2n) is 4.91. The molecular weight excluding hydrogens is 395 g/mol. The van der Waals surface area contributed by atoms with Crippen LogP contribution in [-0.2, 0) is 11.3 Å². The first-order valence-corrected chi connectivity index (χ1v) is 7.95. The van der Waals surface area contributed by atoms with Crippen molar-refractivity contribution in [2.45, 2.75) is 6.61 Å². The van der Waals surface area contributed by atoms with E-state index in [4.69, 9.17) is 13.9 Å². The Bertz CT molecular complexity index is 913. The summed E-state index contributed by atoms with van der Waals surface area (Å²) in [7, 11) is 1.34. The Hall–Kier alpha value is -2.74. The molecule has 1 aromatic heterocycles. The lowest BCUT2D eigenvalue weighted by molar-refractivity contribution is 0.0438. The highest BCUT2D eigenvalue weighted by molar-refractivity contribution is 9.10. The summed E-state index contributed by atoms with van der Waals surface area (Å²) in [6.45, 7) is -0.218. The Labute approximate surface area is 150 Å². The molecule has 0 bridgehead atoms. The van der Waals surface area contributed by atoms with Gasteiger partial charge in [0.2, 0.25) is 5.89 Å². The summed E-state index contributed by atoms with van der Waals surface area (Å²) in [6.07, 6.45) is 0. The smallest absolute Gasteiger partial charge is 0.338 e. The van der Waals surface area contributed by atoms with Crippen molar-refractivity contribution in [3.05, 3.63) is 64.2 Å². The summed E-state index contributed by atoms with van der Waals surface area (Å²) in [5.41, 5.74) is 0.786. The average molecular weight is 407 g/mol. The van der Waals surface area contributed by atoms with Crippen molar-refractivity contribution < 1.29 is 23.1 Å². The molecule has 6 nitrogen and oxygen atoms in total. The van der Waals surface area contributed by atoms with E-state index in [1.54, 1.807) is 0 Å². The largest absolute Gasteiger partial charge is 0.494 e. The molecule has 1 heterocycles. The predicted molar refractivity (Wildman–Crippen MR) is 89.5 cm³/mol. The van der Waals surface area contributed by atoms with Crippen LogP contribution >= 0.6 is 15.9 Å². The number of ether oxygens (including phenoxy) is 2. The molecule has 0 aliphatic rings. The minimum absolute atomic E-state index is 0.0477. The molecule has 8 heteroatoms. The van der Waals surface area contributed by atoms with Crippen LogP contribution in [0.5, 0.6) is 5.75 Å². The number of carbonyl (C=O) groups excluding carboxylic acids is 1. The highest BCUT2D eigenvalue weighted by Crippen LogP contribution is 2.26. The molecule has 128 valence electrons. The van der Waals surface area contributed by atoms with E-state index in [-0.39, 0.29) is 23.8 Å². The van der Waals surface area contributed by atoms with Gasteiger partial charge in [-0.2, -0.15) is 0 Å². The molecule has 25 heavy (non-hydrogen) atoms. The van der Waals surface area contributed by atoms with E-state index in [1.807, 2.05) is 24.3 Å². The fourth-order valence-electron chi connectivity index (χ4n) is 2.06. The third-order valence-electron chi connectivity index (χ3n) is 3.29. The van der Waals surface area contributed by atoms with Crippen molar-refractivity contribution in [1.82, 2.24) is 10.2 Å². The van der Waals surface area contributed by atoms with E-state index in [2.05, 4.69) is 26.1 Å². The first-order valence-electron chi connectivity index (χ1n) is 7.16. The van der Waals surface area contributed by atoms with Crippen molar-refractivity contribution in [3.63, 3.8) is 0 Å². The number of halogens is 2. The fraction of sp³-hybridized carbons (Fsp3) is 0.118. The second-order valence-corrected chi connectivity index (χ2v) is 5.76. The van der Waals surface area contributed by atoms with Crippen molar-refractivity contribution in [2.75, 3.05) is 7.11 Å². The quantitative estimate of drug-likeness (QED) is 0.596. The Balaban J connectivity index is 1.67. The molecular formula is C17H12BrFN2O4. The first-order chi connectivity index (χ1) is 12.1.